The molecule has 0 aliphatic heterocycles. The molecule has 1 aromatic heterocycles. The standard InChI is InChI=1S/C21H18Cl2N2O4/c1-24(2)18(26)11-25-10-15(21(28)29)20(27)14-9-12(6-7-17(14)25)8-13-4-3-5-16(22)19(13)23/h3-7,9-10H,8,11H2,1-2H3,(H,28,29). The molecule has 0 saturated heterocycles. The zero-order valence-electron chi connectivity index (χ0n) is 15.8. The molecule has 8 heteroatoms. The zero-order chi connectivity index (χ0) is 21.3. The summed E-state index contributed by atoms with van der Waals surface area (Å²) in [5, 5.41) is 10.5. The van der Waals surface area contributed by atoms with Crippen LogP contribution in [0.3, 0.4) is 0 Å². The number of hydrogen-bond donors (Lipinski definition) is 1. The number of amides is 1. The Morgan fingerprint density at radius 1 is 1.14 bits per heavy atom. The summed E-state index contributed by atoms with van der Waals surface area (Å²) in [5.41, 5.74) is 1.06. The van der Waals surface area contributed by atoms with Gasteiger partial charge in [0.15, 0.2) is 0 Å². The van der Waals surface area contributed by atoms with Gasteiger partial charge in [0.25, 0.3) is 0 Å². The first kappa shape index (κ1) is 20.9. The number of carboxylic acid groups (broad SMARTS) is 1. The summed E-state index contributed by atoms with van der Waals surface area (Å²) in [6.07, 6.45) is 1.63. The fraction of sp³-hybridized carbons (Fsp3) is 0.190. The monoisotopic (exact) mass is 432 g/mol. The highest BCUT2D eigenvalue weighted by Crippen LogP contribution is 2.28. The Morgan fingerprint density at radius 3 is 2.52 bits per heavy atom. The van der Waals surface area contributed by atoms with Gasteiger partial charge in [-0.25, -0.2) is 4.79 Å². The lowest BCUT2D eigenvalue weighted by molar-refractivity contribution is -0.129. The molecule has 150 valence electrons. The minimum absolute atomic E-state index is 0.0798. The zero-order valence-corrected chi connectivity index (χ0v) is 17.3. The number of nitrogens with zero attached hydrogens (tertiary/aromatic N) is 2. The van der Waals surface area contributed by atoms with Gasteiger partial charge in [-0.05, 0) is 35.7 Å². The first-order chi connectivity index (χ1) is 13.7. The SMILES string of the molecule is CN(C)C(=O)Cn1cc(C(=O)O)c(=O)c2cc(Cc3cccc(Cl)c3Cl)ccc21. The van der Waals surface area contributed by atoms with Crippen molar-refractivity contribution in [1.29, 1.82) is 0 Å². The molecule has 29 heavy (non-hydrogen) atoms. The van der Waals surface area contributed by atoms with E-state index in [4.69, 9.17) is 23.2 Å². The van der Waals surface area contributed by atoms with Crippen LogP contribution in [-0.4, -0.2) is 40.5 Å². The van der Waals surface area contributed by atoms with Crippen molar-refractivity contribution in [2.75, 3.05) is 14.1 Å². The number of hydrogen-bond acceptors (Lipinski definition) is 3. The molecule has 0 saturated carbocycles. The molecule has 1 heterocycles. The molecule has 6 nitrogen and oxygen atoms in total. The summed E-state index contributed by atoms with van der Waals surface area (Å²) in [7, 11) is 3.22. The van der Waals surface area contributed by atoms with E-state index in [1.54, 1.807) is 38.4 Å². The fourth-order valence-electron chi connectivity index (χ4n) is 3.03. The smallest absolute Gasteiger partial charge is 0.341 e. The Balaban J connectivity index is 2.14. The van der Waals surface area contributed by atoms with Gasteiger partial charge in [0, 0.05) is 25.7 Å². The van der Waals surface area contributed by atoms with E-state index in [-0.39, 0.29) is 23.4 Å². The molecule has 0 aliphatic carbocycles. The van der Waals surface area contributed by atoms with Gasteiger partial charge < -0.3 is 14.6 Å². The van der Waals surface area contributed by atoms with Crippen LogP contribution < -0.4 is 5.43 Å². The number of halogens is 2. The number of likely N-dealkylation sites (N-methyl/N-ethyl adjacent to an activating group) is 1. The maximum Gasteiger partial charge on any atom is 0.341 e. The van der Waals surface area contributed by atoms with Crippen LogP contribution in [0, 0.1) is 0 Å². The summed E-state index contributed by atoms with van der Waals surface area (Å²) in [6.45, 7) is -0.0798. The van der Waals surface area contributed by atoms with E-state index in [0.717, 1.165) is 11.1 Å². The van der Waals surface area contributed by atoms with Gasteiger partial charge in [0.1, 0.15) is 12.1 Å². The number of benzene rings is 2. The molecule has 0 atom stereocenters. The third kappa shape index (κ3) is 4.28. The molecular formula is C21H18Cl2N2O4. The predicted molar refractivity (Wildman–Crippen MR) is 113 cm³/mol. The number of rotatable bonds is 5. The highest BCUT2D eigenvalue weighted by Gasteiger charge is 2.17. The molecule has 2 aromatic carbocycles. The number of fused-ring (bicyclic) bond motifs is 1. The third-order valence-corrected chi connectivity index (χ3v) is 5.46. The molecule has 3 aromatic rings. The number of aromatic carboxylic acids is 1. The lowest BCUT2D eigenvalue weighted by Gasteiger charge is -2.16. The minimum Gasteiger partial charge on any atom is -0.477 e. The van der Waals surface area contributed by atoms with Gasteiger partial charge in [-0.1, -0.05) is 41.4 Å². The number of carbonyl (C=O) groups is 2. The van der Waals surface area contributed by atoms with Crippen molar-refractivity contribution >= 4 is 46.0 Å². The molecule has 3 rings (SSSR count). The van der Waals surface area contributed by atoms with Crippen molar-refractivity contribution in [3.63, 3.8) is 0 Å². The lowest BCUT2D eigenvalue weighted by atomic mass is 10.0. The highest BCUT2D eigenvalue weighted by atomic mass is 35.5. The molecule has 0 fully saturated rings. The van der Waals surface area contributed by atoms with Crippen LogP contribution in [0.1, 0.15) is 21.5 Å². The van der Waals surface area contributed by atoms with Crippen molar-refractivity contribution in [2.24, 2.45) is 0 Å². The van der Waals surface area contributed by atoms with E-state index in [9.17, 15) is 19.5 Å². The first-order valence-electron chi connectivity index (χ1n) is 8.71. The second-order valence-electron chi connectivity index (χ2n) is 6.83. The van der Waals surface area contributed by atoms with Crippen molar-refractivity contribution in [1.82, 2.24) is 9.47 Å². The summed E-state index contributed by atoms with van der Waals surface area (Å²) in [5.74, 6) is -1.56. The van der Waals surface area contributed by atoms with Gasteiger partial charge in [-0.3, -0.25) is 9.59 Å². The maximum absolute atomic E-state index is 12.7. The molecule has 0 unspecified atom stereocenters. The number of pyridine rings is 1. The largest absolute Gasteiger partial charge is 0.477 e. The Bertz CT molecular complexity index is 1190. The molecule has 1 amide bonds. The van der Waals surface area contributed by atoms with Crippen LogP contribution in [0.25, 0.3) is 10.9 Å². The molecule has 1 N–H and O–H groups in total. The Hall–Kier alpha value is -2.83. The van der Waals surface area contributed by atoms with Crippen LogP contribution in [0.15, 0.2) is 47.4 Å². The summed E-state index contributed by atoms with van der Waals surface area (Å²) >= 11 is 12.3. The number of carboxylic acids is 1. The Labute approximate surface area is 176 Å². The van der Waals surface area contributed by atoms with Crippen LogP contribution in [0.4, 0.5) is 0 Å². The average molecular weight is 433 g/mol. The topological polar surface area (TPSA) is 79.6 Å². The van der Waals surface area contributed by atoms with Crippen molar-refractivity contribution in [3.8, 4) is 0 Å². The van der Waals surface area contributed by atoms with Gasteiger partial charge in [-0.15, -0.1) is 0 Å². The summed E-state index contributed by atoms with van der Waals surface area (Å²) in [6, 6.07) is 10.5. The average Bonchev–Trinajstić information content (AvgIpc) is 2.67. The molecular weight excluding hydrogens is 415 g/mol. The van der Waals surface area contributed by atoms with E-state index in [2.05, 4.69) is 0 Å². The Kier molecular flexibility index (Phi) is 5.96. The number of aromatic nitrogens is 1. The van der Waals surface area contributed by atoms with E-state index in [0.29, 0.717) is 22.0 Å². The van der Waals surface area contributed by atoms with E-state index in [1.807, 2.05) is 12.1 Å². The van der Waals surface area contributed by atoms with Crippen LogP contribution in [0.2, 0.25) is 10.0 Å². The number of carbonyl (C=O) groups excluding carboxylic acids is 1. The highest BCUT2D eigenvalue weighted by molar-refractivity contribution is 6.42. The van der Waals surface area contributed by atoms with Gasteiger partial charge >= 0.3 is 5.97 Å². The van der Waals surface area contributed by atoms with Crippen LogP contribution >= 0.6 is 23.2 Å². The minimum atomic E-state index is -1.34. The molecule has 0 spiro atoms. The van der Waals surface area contributed by atoms with E-state index < -0.39 is 11.4 Å². The van der Waals surface area contributed by atoms with Gasteiger partial charge in [0.05, 0.1) is 15.6 Å². The molecule has 0 aliphatic rings. The first-order valence-corrected chi connectivity index (χ1v) is 9.47. The van der Waals surface area contributed by atoms with E-state index >= 15 is 0 Å². The van der Waals surface area contributed by atoms with Crippen LogP contribution in [-0.2, 0) is 17.8 Å². The Morgan fingerprint density at radius 2 is 1.86 bits per heavy atom. The second-order valence-corrected chi connectivity index (χ2v) is 7.62. The maximum atomic E-state index is 12.7. The molecule has 0 radical (unpaired) electrons. The fourth-order valence-corrected chi connectivity index (χ4v) is 3.42. The normalized spacial score (nSPS) is 10.9. The van der Waals surface area contributed by atoms with Crippen molar-refractivity contribution in [2.45, 2.75) is 13.0 Å². The lowest BCUT2D eigenvalue weighted by Crippen LogP contribution is -2.28. The summed E-state index contributed by atoms with van der Waals surface area (Å²) in [4.78, 5) is 37.8. The predicted octanol–water partition coefficient (Wildman–Crippen LogP) is 3.69. The third-order valence-electron chi connectivity index (χ3n) is 4.61. The summed E-state index contributed by atoms with van der Waals surface area (Å²) < 4.78 is 1.48. The second kappa shape index (κ2) is 8.27. The van der Waals surface area contributed by atoms with Gasteiger partial charge in [0.2, 0.25) is 11.3 Å². The van der Waals surface area contributed by atoms with Crippen LogP contribution in [0.5, 0.6) is 0 Å². The molecule has 0 bridgehead atoms. The van der Waals surface area contributed by atoms with E-state index in [1.165, 1.54) is 15.7 Å². The van der Waals surface area contributed by atoms with Crippen molar-refractivity contribution < 1.29 is 14.7 Å². The van der Waals surface area contributed by atoms with Crippen molar-refractivity contribution in [3.05, 3.63) is 79.6 Å². The quantitative estimate of drug-likeness (QED) is 0.666. The van der Waals surface area contributed by atoms with Gasteiger partial charge in [-0.2, -0.15) is 0 Å².